The molecular weight excluding hydrogens is 243 g/mol. The van der Waals surface area contributed by atoms with E-state index in [2.05, 4.69) is 11.8 Å². The van der Waals surface area contributed by atoms with Crippen molar-refractivity contribution in [1.29, 1.82) is 0 Å². The molecule has 0 bridgehead atoms. The highest BCUT2D eigenvalue weighted by Gasteiger charge is 2.25. The van der Waals surface area contributed by atoms with Crippen LogP contribution >= 0.6 is 23.2 Å². The summed E-state index contributed by atoms with van der Waals surface area (Å²) in [6, 6.07) is 6.36. The van der Waals surface area contributed by atoms with Crippen molar-refractivity contribution in [3.05, 3.63) is 33.8 Å². The normalized spacial score (nSPS) is 23.6. The maximum atomic E-state index is 6.21. The number of nitrogens with zero attached hydrogens (tertiary/aromatic N) is 1. The fraction of sp³-hybridized carbons (Fsp3) is 0.500. The van der Waals surface area contributed by atoms with Gasteiger partial charge in [-0.25, -0.2) is 0 Å². The molecule has 1 saturated heterocycles. The minimum absolute atomic E-state index is 0.278. The fourth-order valence-electron chi connectivity index (χ4n) is 2.21. The highest BCUT2D eigenvalue weighted by molar-refractivity contribution is 6.42. The van der Waals surface area contributed by atoms with Crippen LogP contribution in [0.2, 0.25) is 10.0 Å². The first-order chi connectivity index (χ1) is 7.59. The first-order valence-corrected chi connectivity index (χ1v) is 6.28. The Morgan fingerprint density at radius 3 is 2.81 bits per heavy atom. The van der Waals surface area contributed by atoms with Crippen LogP contribution < -0.4 is 5.73 Å². The van der Waals surface area contributed by atoms with E-state index in [0.717, 1.165) is 25.1 Å². The Balaban J connectivity index is 2.20. The predicted molar refractivity (Wildman–Crippen MR) is 69.0 cm³/mol. The van der Waals surface area contributed by atoms with Gasteiger partial charge in [-0.2, -0.15) is 0 Å². The average Bonchev–Trinajstić information content (AvgIpc) is 2.68. The maximum Gasteiger partial charge on any atom is 0.0640 e. The second-order valence-electron chi connectivity index (χ2n) is 4.36. The number of halogens is 2. The summed E-state index contributed by atoms with van der Waals surface area (Å²) >= 11 is 12.2. The monoisotopic (exact) mass is 258 g/mol. The number of rotatable bonds is 2. The molecule has 2 nitrogen and oxygen atoms in total. The predicted octanol–water partition coefficient (Wildman–Crippen LogP) is 3.09. The first-order valence-electron chi connectivity index (χ1n) is 5.53. The second-order valence-corrected chi connectivity index (χ2v) is 5.15. The Morgan fingerprint density at radius 1 is 1.44 bits per heavy atom. The molecule has 1 aromatic rings. The van der Waals surface area contributed by atoms with Crippen molar-refractivity contribution < 1.29 is 0 Å². The molecule has 0 saturated carbocycles. The summed E-state index contributed by atoms with van der Waals surface area (Å²) in [5.74, 6) is 0. The molecule has 1 heterocycles. The van der Waals surface area contributed by atoms with Crippen LogP contribution in [0, 0.1) is 0 Å². The molecule has 0 aliphatic carbocycles. The zero-order chi connectivity index (χ0) is 11.7. The largest absolute Gasteiger partial charge is 0.326 e. The van der Waals surface area contributed by atoms with Gasteiger partial charge in [0, 0.05) is 25.2 Å². The number of likely N-dealkylation sites (tertiary alicyclic amines) is 1. The molecule has 16 heavy (non-hydrogen) atoms. The van der Waals surface area contributed by atoms with E-state index in [9.17, 15) is 0 Å². The van der Waals surface area contributed by atoms with Gasteiger partial charge in [-0.1, -0.05) is 35.3 Å². The van der Waals surface area contributed by atoms with E-state index in [0.29, 0.717) is 16.1 Å². The smallest absolute Gasteiger partial charge is 0.0640 e. The lowest BCUT2D eigenvalue weighted by molar-refractivity contribution is 0.260. The summed E-state index contributed by atoms with van der Waals surface area (Å²) in [6.45, 7) is 4.12. The molecule has 1 fully saturated rings. The van der Waals surface area contributed by atoms with Gasteiger partial charge in [-0.15, -0.1) is 0 Å². The minimum Gasteiger partial charge on any atom is -0.326 e. The summed E-state index contributed by atoms with van der Waals surface area (Å²) in [5, 5.41) is 1.28. The van der Waals surface area contributed by atoms with Gasteiger partial charge < -0.3 is 5.73 Å². The van der Waals surface area contributed by atoms with Crippen LogP contribution in [0.15, 0.2) is 18.2 Å². The lowest BCUT2D eigenvalue weighted by Gasteiger charge is -2.25. The van der Waals surface area contributed by atoms with Crippen LogP contribution in [0.25, 0.3) is 0 Å². The topological polar surface area (TPSA) is 29.3 Å². The van der Waals surface area contributed by atoms with E-state index >= 15 is 0 Å². The highest BCUT2D eigenvalue weighted by Crippen LogP contribution is 2.33. The molecule has 2 atom stereocenters. The van der Waals surface area contributed by atoms with Crippen LogP contribution in [-0.4, -0.2) is 24.0 Å². The lowest BCUT2D eigenvalue weighted by Crippen LogP contribution is -2.29. The Morgan fingerprint density at radius 2 is 2.19 bits per heavy atom. The van der Waals surface area contributed by atoms with Crippen molar-refractivity contribution in [2.45, 2.75) is 25.4 Å². The van der Waals surface area contributed by atoms with E-state index in [1.807, 2.05) is 18.2 Å². The summed E-state index contributed by atoms with van der Waals surface area (Å²) in [4.78, 5) is 2.35. The number of benzene rings is 1. The quantitative estimate of drug-likeness (QED) is 0.884. The van der Waals surface area contributed by atoms with Gasteiger partial charge >= 0.3 is 0 Å². The van der Waals surface area contributed by atoms with Gasteiger partial charge in [0.1, 0.15) is 0 Å². The molecule has 0 aromatic heterocycles. The molecule has 1 aliphatic heterocycles. The second kappa shape index (κ2) is 4.92. The van der Waals surface area contributed by atoms with Crippen molar-refractivity contribution in [2.75, 3.05) is 13.1 Å². The van der Waals surface area contributed by atoms with Crippen LogP contribution in [0.3, 0.4) is 0 Å². The summed E-state index contributed by atoms with van der Waals surface area (Å²) < 4.78 is 0. The third-order valence-corrected chi connectivity index (χ3v) is 4.07. The Kier molecular flexibility index (Phi) is 3.75. The van der Waals surface area contributed by atoms with Crippen molar-refractivity contribution in [3.63, 3.8) is 0 Å². The van der Waals surface area contributed by atoms with Crippen LogP contribution in [0.5, 0.6) is 0 Å². The standard InChI is InChI=1S/C12H16Cl2N2/c1-8(16-6-5-9(15)7-16)10-3-2-4-11(13)12(10)14/h2-4,8-9H,5-7,15H2,1H3. The Hall–Kier alpha value is -0.280. The molecule has 2 rings (SSSR count). The van der Waals surface area contributed by atoms with Crippen LogP contribution in [-0.2, 0) is 0 Å². The summed E-state index contributed by atoms with van der Waals surface area (Å²) in [6.07, 6.45) is 1.06. The third kappa shape index (κ3) is 2.35. The number of nitrogens with two attached hydrogens (primary N) is 1. The maximum absolute atomic E-state index is 6.21. The van der Waals surface area contributed by atoms with Gasteiger partial charge in [-0.05, 0) is 25.0 Å². The first kappa shape index (κ1) is 12.2. The van der Waals surface area contributed by atoms with Gasteiger partial charge in [-0.3, -0.25) is 4.90 Å². The number of hydrogen-bond acceptors (Lipinski definition) is 2. The SMILES string of the molecule is CC(c1cccc(Cl)c1Cl)N1CCC(N)C1. The fourth-order valence-corrected chi connectivity index (χ4v) is 2.67. The molecule has 2 unspecified atom stereocenters. The Bertz CT molecular complexity index is 381. The van der Waals surface area contributed by atoms with E-state index in [-0.39, 0.29) is 6.04 Å². The minimum atomic E-state index is 0.278. The van der Waals surface area contributed by atoms with Crippen LogP contribution in [0.1, 0.15) is 24.9 Å². The van der Waals surface area contributed by atoms with Crippen molar-refractivity contribution in [1.82, 2.24) is 4.90 Å². The van der Waals surface area contributed by atoms with Gasteiger partial charge in [0.05, 0.1) is 10.0 Å². The summed E-state index contributed by atoms with van der Waals surface area (Å²) in [7, 11) is 0. The molecule has 0 spiro atoms. The number of hydrogen-bond donors (Lipinski definition) is 1. The molecule has 88 valence electrons. The molecule has 4 heteroatoms. The average molecular weight is 259 g/mol. The zero-order valence-corrected chi connectivity index (χ0v) is 10.8. The van der Waals surface area contributed by atoms with Gasteiger partial charge in [0.2, 0.25) is 0 Å². The molecular formula is C12H16Cl2N2. The van der Waals surface area contributed by atoms with Gasteiger partial charge in [0.15, 0.2) is 0 Å². The van der Waals surface area contributed by atoms with Gasteiger partial charge in [0.25, 0.3) is 0 Å². The van der Waals surface area contributed by atoms with E-state index in [1.165, 1.54) is 0 Å². The van der Waals surface area contributed by atoms with E-state index in [4.69, 9.17) is 28.9 Å². The van der Waals surface area contributed by atoms with Crippen molar-refractivity contribution in [2.24, 2.45) is 5.73 Å². The van der Waals surface area contributed by atoms with Crippen LogP contribution in [0.4, 0.5) is 0 Å². The molecule has 2 N–H and O–H groups in total. The molecule has 1 aliphatic rings. The molecule has 1 aromatic carbocycles. The summed E-state index contributed by atoms with van der Waals surface area (Å²) in [5.41, 5.74) is 6.99. The van der Waals surface area contributed by atoms with Crippen molar-refractivity contribution >= 4 is 23.2 Å². The Labute approximate surface area is 106 Å². The molecule has 0 radical (unpaired) electrons. The lowest BCUT2D eigenvalue weighted by atomic mass is 10.1. The molecule has 0 amide bonds. The van der Waals surface area contributed by atoms with E-state index in [1.54, 1.807) is 0 Å². The van der Waals surface area contributed by atoms with E-state index < -0.39 is 0 Å². The zero-order valence-electron chi connectivity index (χ0n) is 9.29. The highest BCUT2D eigenvalue weighted by atomic mass is 35.5. The third-order valence-electron chi connectivity index (χ3n) is 3.24. The van der Waals surface area contributed by atoms with Crippen molar-refractivity contribution in [3.8, 4) is 0 Å².